The van der Waals surface area contributed by atoms with Crippen LogP contribution in [0.25, 0.3) is 0 Å². The predicted octanol–water partition coefficient (Wildman–Crippen LogP) is 3.91. The summed E-state index contributed by atoms with van der Waals surface area (Å²) >= 11 is 6.06. The third-order valence-corrected chi connectivity index (χ3v) is 4.45. The summed E-state index contributed by atoms with van der Waals surface area (Å²) in [4.78, 5) is 14.3. The summed E-state index contributed by atoms with van der Waals surface area (Å²) in [7, 11) is 0. The number of carbonyl (C=O) groups is 1. The third-order valence-electron chi connectivity index (χ3n) is 4.12. The Balaban J connectivity index is 1.63. The summed E-state index contributed by atoms with van der Waals surface area (Å²) in [5, 5.41) is 3.44. The van der Waals surface area contributed by atoms with Crippen molar-refractivity contribution in [2.24, 2.45) is 0 Å². The van der Waals surface area contributed by atoms with Gasteiger partial charge in [-0.05, 0) is 48.2 Å². The van der Waals surface area contributed by atoms with E-state index >= 15 is 0 Å². The van der Waals surface area contributed by atoms with E-state index in [9.17, 15) is 4.79 Å². The third kappa shape index (κ3) is 3.16. The number of anilines is 1. The van der Waals surface area contributed by atoms with Crippen LogP contribution in [0.3, 0.4) is 0 Å². The molecule has 1 aliphatic rings. The van der Waals surface area contributed by atoms with Gasteiger partial charge >= 0.3 is 0 Å². The highest BCUT2D eigenvalue weighted by atomic mass is 35.5. The molecule has 1 N–H and O–H groups in total. The highest BCUT2D eigenvalue weighted by molar-refractivity contribution is 6.33. The van der Waals surface area contributed by atoms with Crippen molar-refractivity contribution in [3.63, 3.8) is 0 Å². The lowest BCUT2D eigenvalue weighted by molar-refractivity contribution is -0.117. The van der Waals surface area contributed by atoms with Gasteiger partial charge in [0.25, 0.3) is 0 Å². The van der Waals surface area contributed by atoms with Gasteiger partial charge in [0.2, 0.25) is 5.91 Å². The largest absolute Gasteiger partial charge is 0.324 e. The molecule has 0 bridgehead atoms. The van der Waals surface area contributed by atoms with Crippen molar-refractivity contribution in [2.45, 2.75) is 26.9 Å². The number of carbonyl (C=O) groups excluding carboxylic acids is 1. The number of halogens is 1. The first-order valence-corrected chi connectivity index (χ1v) is 7.76. The summed E-state index contributed by atoms with van der Waals surface area (Å²) < 4.78 is 0. The molecule has 1 amide bonds. The molecular weight excluding hydrogens is 296 g/mol. The van der Waals surface area contributed by atoms with Gasteiger partial charge in [0, 0.05) is 13.1 Å². The van der Waals surface area contributed by atoms with Gasteiger partial charge in [0.05, 0.1) is 17.3 Å². The maximum absolute atomic E-state index is 12.2. The number of hydrogen-bond donors (Lipinski definition) is 1. The fourth-order valence-corrected chi connectivity index (χ4v) is 3.02. The van der Waals surface area contributed by atoms with Crippen LogP contribution in [0.2, 0.25) is 5.02 Å². The maximum atomic E-state index is 12.2. The zero-order valence-electron chi connectivity index (χ0n) is 12.8. The molecule has 0 saturated heterocycles. The van der Waals surface area contributed by atoms with Crippen molar-refractivity contribution >= 4 is 23.2 Å². The van der Waals surface area contributed by atoms with Gasteiger partial charge in [-0.25, -0.2) is 0 Å². The molecule has 1 heterocycles. The van der Waals surface area contributed by atoms with Crippen LogP contribution in [0.4, 0.5) is 5.69 Å². The Morgan fingerprint density at radius 2 is 1.73 bits per heavy atom. The van der Waals surface area contributed by atoms with Crippen molar-refractivity contribution in [3.8, 4) is 0 Å². The number of benzene rings is 2. The number of aryl methyl sites for hydroxylation is 2. The van der Waals surface area contributed by atoms with E-state index in [2.05, 4.69) is 36.2 Å². The first kappa shape index (κ1) is 15.1. The second-order valence-corrected chi connectivity index (χ2v) is 6.29. The zero-order chi connectivity index (χ0) is 15.7. The van der Waals surface area contributed by atoms with Crippen LogP contribution in [0, 0.1) is 13.8 Å². The van der Waals surface area contributed by atoms with Gasteiger partial charge in [-0.1, -0.05) is 35.9 Å². The zero-order valence-corrected chi connectivity index (χ0v) is 13.6. The number of nitrogens with one attached hydrogen (secondary N) is 1. The standard InChI is InChI=1S/C18H19ClN2O/c1-12-7-14-9-21(10-15(14)8-13(12)2)11-18(22)20-17-6-4-3-5-16(17)19/h3-8H,9-11H2,1-2H3,(H,20,22). The Bertz CT molecular complexity index is 696. The van der Waals surface area contributed by atoms with Crippen molar-refractivity contribution in [2.75, 3.05) is 11.9 Å². The lowest BCUT2D eigenvalue weighted by atomic mass is 10.0. The molecule has 0 aliphatic carbocycles. The van der Waals surface area contributed by atoms with Crippen molar-refractivity contribution in [1.82, 2.24) is 4.90 Å². The summed E-state index contributed by atoms with van der Waals surface area (Å²) in [5.74, 6) is -0.0330. The lowest BCUT2D eigenvalue weighted by Gasteiger charge is -2.14. The number of hydrogen-bond acceptors (Lipinski definition) is 2. The van der Waals surface area contributed by atoms with E-state index < -0.39 is 0 Å². The molecule has 114 valence electrons. The first-order chi connectivity index (χ1) is 10.5. The Kier molecular flexibility index (Phi) is 4.19. The van der Waals surface area contributed by atoms with E-state index in [1.54, 1.807) is 6.07 Å². The quantitative estimate of drug-likeness (QED) is 0.931. The number of amides is 1. The molecule has 0 atom stereocenters. The molecule has 0 spiro atoms. The minimum Gasteiger partial charge on any atom is -0.324 e. The smallest absolute Gasteiger partial charge is 0.238 e. The number of para-hydroxylation sites is 1. The molecule has 0 saturated carbocycles. The van der Waals surface area contributed by atoms with Gasteiger partial charge in [-0.15, -0.1) is 0 Å². The molecule has 0 fully saturated rings. The normalized spacial score (nSPS) is 14.0. The fourth-order valence-electron chi connectivity index (χ4n) is 2.84. The monoisotopic (exact) mass is 314 g/mol. The minimum atomic E-state index is -0.0330. The van der Waals surface area contributed by atoms with Gasteiger partial charge < -0.3 is 5.32 Å². The first-order valence-electron chi connectivity index (χ1n) is 7.38. The van der Waals surface area contributed by atoms with Gasteiger partial charge in [0.15, 0.2) is 0 Å². The molecule has 2 aromatic rings. The van der Waals surface area contributed by atoms with Crippen molar-refractivity contribution in [1.29, 1.82) is 0 Å². The minimum absolute atomic E-state index is 0.0330. The summed E-state index contributed by atoms with van der Waals surface area (Å²) in [6, 6.07) is 11.8. The van der Waals surface area contributed by atoms with Gasteiger partial charge in [0.1, 0.15) is 0 Å². The Hall–Kier alpha value is -1.84. The van der Waals surface area contributed by atoms with Crippen LogP contribution >= 0.6 is 11.6 Å². The molecule has 2 aromatic carbocycles. The Morgan fingerprint density at radius 1 is 1.14 bits per heavy atom. The van der Waals surface area contributed by atoms with Gasteiger partial charge in [-0.3, -0.25) is 9.69 Å². The van der Waals surface area contributed by atoms with Crippen LogP contribution in [0.1, 0.15) is 22.3 Å². The predicted molar refractivity (Wildman–Crippen MR) is 90.1 cm³/mol. The van der Waals surface area contributed by atoms with E-state index in [0.717, 1.165) is 13.1 Å². The molecule has 4 heteroatoms. The van der Waals surface area contributed by atoms with Crippen molar-refractivity contribution < 1.29 is 4.79 Å². The fraction of sp³-hybridized carbons (Fsp3) is 0.278. The molecule has 3 rings (SSSR count). The molecule has 0 unspecified atom stereocenters. The van der Waals surface area contributed by atoms with E-state index in [1.807, 2.05) is 18.2 Å². The second-order valence-electron chi connectivity index (χ2n) is 5.88. The summed E-state index contributed by atoms with van der Waals surface area (Å²) in [6.45, 7) is 6.28. The van der Waals surface area contributed by atoms with E-state index in [4.69, 9.17) is 11.6 Å². The van der Waals surface area contributed by atoms with Crippen molar-refractivity contribution in [3.05, 3.63) is 63.7 Å². The Labute approximate surface area is 135 Å². The topological polar surface area (TPSA) is 32.3 Å². The number of nitrogens with zero attached hydrogens (tertiary/aromatic N) is 1. The molecular formula is C18H19ClN2O. The van der Waals surface area contributed by atoms with E-state index in [0.29, 0.717) is 17.3 Å². The van der Waals surface area contributed by atoms with E-state index in [1.165, 1.54) is 22.3 Å². The average Bonchev–Trinajstić information content (AvgIpc) is 2.83. The molecule has 0 radical (unpaired) electrons. The maximum Gasteiger partial charge on any atom is 0.238 e. The van der Waals surface area contributed by atoms with E-state index in [-0.39, 0.29) is 5.91 Å². The van der Waals surface area contributed by atoms with Crippen LogP contribution in [0.5, 0.6) is 0 Å². The summed E-state index contributed by atoms with van der Waals surface area (Å²) in [5.41, 5.74) is 5.93. The molecule has 22 heavy (non-hydrogen) atoms. The number of rotatable bonds is 3. The van der Waals surface area contributed by atoms with Crippen LogP contribution in [-0.2, 0) is 17.9 Å². The summed E-state index contributed by atoms with van der Waals surface area (Å²) in [6.07, 6.45) is 0. The van der Waals surface area contributed by atoms with Crippen LogP contribution in [-0.4, -0.2) is 17.4 Å². The SMILES string of the molecule is Cc1cc2c(cc1C)CN(CC(=O)Nc1ccccc1Cl)C2. The highest BCUT2D eigenvalue weighted by Gasteiger charge is 2.21. The van der Waals surface area contributed by atoms with Gasteiger partial charge in [-0.2, -0.15) is 0 Å². The average molecular weight is 315 g/mol. The lowest BCUT2D eigenvalue weighted by Crippen LogP contribution is -2.29. The Morgan fingerprint density at radius 3 is 2.32 bits per heavy atom. The van der Waals surface area contributed by atoms with Crippen LogP contribution in [0.15, 0.2) is 36.4 Å². The second kappa shape index (κ2) is 6.11. The molecule has 3 nitrogen and oxygen atoms in total. The molecule has 0 aromatic heterocycles. The number of fused-ring (bicyclic) bond motifs is 1. The highest BCUT2D eigenvalue weighted by Crippen LogP contribution is 2.26. The van der Waals surface area contributed by atoms with Crippen LogP contribution < -0.4 is 5.32 Å². The molecule has 1 aliphatic heterocycles.